The Morgan fingerprint density at radius 1 is 0.850 bits per heavy atom. The minimum absolute atomic E-state index is 0.0885. The van der Waals surface area contributed by atoms with Gasteiger partial charge in [-0.05, 0) is 74.0 Å². The summed E-state index contributed by atoms with van der Waals surface area (Å²) < 4.78 is 15.6. The highest BCUT2D eigenvalue weighted by atomic mass is 16.6. The Balaban J connectivity index is 1.62. The normalized spacial score (nSPS) is 11.6. The standard InChI is InChI=1S/C30H29N3O7/c1-3-38-30(37)25(18-39-28(35)22-7-5-4-6-8-22)33-27(34)19(2)17-20-9-11-23(12-10-20)29(36)40-24-15-13-21(14-16-24)26(31)32/h4-17,25H,3,18H2,1-2H3,(H3,31,32)(H,33,34)/t25-/m0/s1. The Hall–Kier alpha value is -5.25. The molecule has 3 rings (SSSR count). The van der Waals surface area contributed by atoms with Crippen molar-refractivity contribution in [1.29, 1.82) is 5.41 Å². The van der Waals surface area contributed by atoms with Crippen LogP contribution in [0.15, 0.2) is 84.4 Å². The van der Waals surface area contributed by atoms with Crippen molar-refractivity contribution in [2.45, 2.75) is 19.9 Å². The molecule has 0 heterocycles. The smallest absolute Gasteiger partial charge is 0.343 e. The zero-order chi connectivity index (χ0) is 29.1. The predicted octanol–water partition coefficient (Wildman–Crippen LogP) is 3.50. The van der Waals surface area contributed by atoms with Gasteiger partial charge in [-0.15, -0.1) is 0 Å². The van der Waals surface area contributed by atoms with Gasteiger partial charge in [-0.3, -0.25) is 10.2 Å². The molecule has 0 aromatic heterocycles. The van der Waals surface area contributed by atoms with E-state index in [1.807, 2.05) is 0 Å². The van der Waals surface area contributed by atoms with Gasteiger partial charge in [0.05, 0.1) is 17.7 Å². The van der Waals surface area contributed by atoms with Gasteiger partial charge in [0.15, 0.2) is 6.04 Å². The van der Waals surface area contributed by atoms with Gasteiger partial charge in [-0.2, -0.15) is 0 Å². The molecule has 0 saturated carbocycles. The molecule has 0 fully saturated rings. The van der Waals surface area contributed by atoms with Crippen molar-refractivity contribution >= 4 is 35.7 Å². The van der Waals surface area contributed by atoms with Crippen LogP contribution < -0.4 is 15.8 Å². The van der Waals surface area contributed by atoms with Crippen LogP contribution in [0.3, 0.4) is 0 Å². The number of amides is 1. The largest absolute Gasteiger partial charge is 0.464 e. The third-order valence-electron chi connectivity index (χ3n) is 5.53. The summed E-state index contributed by atoms with van der Waals surface area (Å²) in [6, 6.07) is 19.7. The third kappa shape index (κ3) is 8.38. The molecule has 4 N–H and O–H groups in total. The second-order valence-corrected chi connectivity index (χ2v) is 8.52. The van der Waals surface area contributed by atoms with Crippen LogP contribution in [0.2, 0.25) is 0 Å². The van der Waals surface area contributed by atoms with Gasteiger partial charge >= 0.3 is 17.9 Å². The van der Waals surface area contributed by atoms with E-state index in [-0.39, 0.29) is 23.6 Å². The fourth-order valence-electron chi connectivity index (χ4n) is 3.40. The molecule has 3 aromatic rings. The van der Waals surface area contributed by atoms with E-state index in [9.17, 15) is 19.2 Å². The lowest BCUT2D eigenvalue weighted by Gasteiger charge is -2.17. The SMILES string of the molecule is CCOC(=O)[C@H](COC(=O)c1ccccc1)NC(=O)C(C)=Cc1ccc(C(=O)Oc2ccc(C(=N)N)cc2)cc1. The topological polar surface area (TPSA) is 158 Å². The molecule has 0 aliphatic rings. The van der Waals surface area contributed by atoms with Crippen LogP contribution in [0.1, 0.15) is 45.7 Å². The van der Waals surface area contributed by atoms with Crippen molar-refractivity contribution in [3.8, 4) is 5.75 Å². The Bertz CT molecular complexity index is 1400. The van der Waals surface area contributed by atoms with Crippen molar-refractivity contribution in [2.24, 2.45) is 5.73 Å². The van der Waals surface area contributed by atoms with E-state index in [1.54, 1.807) is 98.8 Å². The van der Waals surface area contributed by atoms with E-state index in [0.717, 1.165) is 0 Å². The Morgan fingerprint density at radius 3 is 2.05 bits per heavy atom. The summed E-state index contributed by atoms with van der Waals surface area (Å²) in [4.78, 5) is 49.9. The number of amidine groups is 1. The zero-order valence-electron chi connectivity index (χ0n) is 22.0. The maximum Gasteiger partial charge on any atom is 0.343 e. The molecule has 0 bridgehead atoms. The molecule has 10 heteroatoms. The molecule has 3 aromatic carbocycles. The lowest BCUT2D eigenvalue weighted by molar-refractivity contribution is -0.148. The average molecular weight is 544 g/mol. The highest BCUT2D eigenvalue weighted by Gasteiger charge is 2.25. The summed E-state index contributed by atoms with van der Waals surface area (Å²) in [5.74, 6) is -2.30. The average Bonchev–Trinajstić information content (AvgIpc) is 2.96. The van der Waals surface area contributed by atoms with Gasteiger partial charge in [0, 0.05) is 11.1 Å². The van der Waals surface area contributed by atoms with Crippen LogP contribution in [0.25, 0.3) is 6.08 Å². The highest BCUT2D eigenvalue weighted by molar-refractivity contribution is 6.00. The van der Waals surface area contributed by atoms with E-state index < -0.39 is 36.5 Å². The van der Waals surface area contributed by atoms with Gasteiger partial charge in [-0.25, -0.2) is 14.4 Å². The maximum atomic E-state index is 12.8. The van der Waals surface area contributed by atoms with Crippen LogP contribution >= 0.6 is 0 Å². The number of carbonyl (C=O) groups excluding carboxylic acids is 4. The van der Waals surface area contributed by atoms with E-state index in [4.69, 9.17) is 25.4 Å². The molecule has 0 unspecified atom stereocenters. The molecule has 0 aliphatic heterocycles. The first kappa shape index (κ1) is 29.3. The number of nitrogens with one attached hydrogen (secondary N) is 2. The Labute approximate surface area is 231 Å². The van der Waals surface area contributed by atoms with E-state index in [2.05, 4.69) is 5.32 Å². The fraction of sp³-hybridized carbons (Fsp3) is 0.167. The predicted molar refractivity (Wildman–Crippen MR) is 148 cm³/mol. The monoisotopic (exact) mass is 543 g/mol. The molecule has 40 heavy (non-hydrogen) atoms. The van der Waals surface area contributed by atoms with Gasteiger partial charge in [0.2, 0.25) is 5.91 Å². The Kier molecular flexibility index (Phi) is 10.3. The van der Waals surface area contributed by atoms with Crippen LogP contribution in [0, 0.1) is 5.41 Å². The summed E-state index contributed by atoms with van der Waals surface area (Å²) >= 11 is 0. The molecule has 206 valence electrons. The summed E-state index contributed by atoms with van der Waals surface area (Å²) in [5.41, 5.74) is 7.43. The van der Waals surface area contributed by atoms with Gasteiger partial charge < -0.3 is 25.3 Å². The lowest BCUT2D eigenvalue weighted by atomic mass is 10.1. The van der Waals surface area contributed by atoms with Gasteiger partial charge in [0.1, 0.15) is 18.2 Å². The number of carbonyl (C=O) groups is 4. The molecule has 1 amide bonds. The molecule has 0 saturated heterocycles. The fourth-order valence-corrected chi connectivity index (χ4v) is 3.40. The number of nitrogens with two attached hydrogens (primary N) is 1. The third-order valence-corrected chi connectivity index (χ3v) is 5.53. The Morgan fingerprint density at radius 2 is 1.45 bits per heavy atom. The van der Waals surface area contributed by atoms with E-state index in [1.165, 1.54) is 0 Å². The van der Waals surface area contributed by atoms with E-state index in [0.29, 0.717) is 22.4 Å². The maximum absolute atomic E-state index is 12.8. The van der Waals surface area contributed by atoms with Crippen LogP contribution in [-0.4, -0.2) is 48.9 Å². The molecular formula is C30H29N3O7. The minimum Gasteiger partial charge on any atom is -0.464 e. The van der Waals surface area contributed by atoms with Crippen LogP contribution in [0.5, 0.6) is 5.75 Å². The molecular weight excluding hydrogens is 514 g/mol. The van der Waals surface area contributed by atoms with Gasteiger partial charge in [0.25, 0.3) is 0 Å². The number of nitrogen functional groups attached to an aromatic ring is 1. The number of rotatable bonds is 11. The van der Waals surface area contributed by atoms with Crippen molar-refractivity contribution in [3.63, 3.8) is 0 Å². The molecule has 0 aliphatic carbocycles. The molecule has 1 atom stereocenters. The number of ether oxygens (including phenoxy) is 3. The molecule has 0 radical (unpaired) electrons. The minimum atomic E-state index is -1.20. The summed E-state index contributed by atoms with van der Waals surface area (Å²) in [6.45, 7) is 2.87. The zero-order valence-corrected chi connectivity index (χ0v) is 22.0. The quantitative estimate of drug-likeness (QED) is 0.109. The van der Waals surface area contributed by atoms with Crippen molar-refractivity contribution in [2.75, 3.05) is 13.2 Å². The van der Waals surface area contributed by atoms with Crippen molar-refractivity contribution in [3.05, 3.63) is 107 Å². The lowest BCUT2D eigenvalue weighted by Crippen LogP contribution is -2.45. The number of esters is 3. The summed E-state index contributed by atoms with van der Waals surface area (Å²) in [5, 5.41) is 9.95. The van der Waals surface area contributed by atoms with Gasteiger partial charge in [-0.1, -0.05) is 30.3 Å². The first-order chi connectivity index (χ1) is 19.2. The van der Waals surface area contributed by atoms with E-state index >= 15 is 0 Å². The number of hydrogen-bond acceptors (Lipinski definition) is 8. The number of hydrogen-bond donors (Lipinski definition) is 3. The van der Waals surface area contributed by atoms with Crippen LogP contribution in [-0.2, 0) is 19.1 Å². The van der Waals surface area contributed by atoms with Crippen molar-refractivity contribution in [1.82, 2.24) is 5.32 Å². The molecule has 10 nitrogen and oxygen atoms in total. The first-order valence-corrected chi connectivity index (χ1v) is 12.3. The first-order valence-electron chi connectivity index (χ1n) is 12.3. The summed E-state index contributed by atoms with van der Waals surface area (Å²) in [7, 11) is 0. The summed E-state index contributed by atoms with van der Waals surface area (Å²) in [6.07, 6.45) is 1.57. The van der Waals surface area contributed by atoms with Crippen molar-refractivity contribution < 1.29 is 33.4 Å². The molecule has 0 spiro atoms. The van der Waals surface area contributed by atoms with Crippen LogP contribution in [0.4, 0.5) is 0 Å². The second kappa shape index (κ2) is 14.1. The number of benzene rings is 3. The second-order valence-electron chi connectivity index (χ2n) is 8.52. The highest BCUT2D eigenvalue weighted by Crippen LogP contribution is 2.16.